The van der Waals surface area contributed by atoms with Crippen LogP contribution in [0.4, 0.5) is 0 Å². The second-order valence-corrected chi connectivity index (χ2v) is 5.24. The van der Waals surface area contributed by atoms with Crippen molar-refractivity contribution in [2.24, 2.45) is 0 Å². The minimum atomic E-state index is -1.29. The summed E-state index contributed by atoms with van der Waals surface area (Å²) in [7, 11) is 0. The zero-order chi connectivity index (χ0) is 11.7. The highest BCUT2D eigenvalue weighted by Gasteiger charge is 2.28. The molecule has 0 spiro atoms. The van der Waals surface area contributed by atoms with E-state index in [1.807, 2.05) is 54.6 Å². The molecular weight excluding hydrogens is 232 g/mol. The van der Waals surface area contributed by atoms with E-state index in [0.29, 0.717) is 6.61 Å². The van der Waals surface area contributed by atoms with Crippen molar-refractivity contribution in [2.45, 2.75) is 11.9 Å². The summed E-state index contributed by atoms with van der Waals surface area (Å²) in [5, 5.41) is -0.166. The lowest BCUT2D eigenvalue weighted by atomic mass is 9.99. The molecule has 3 heteroatoms. The van der Waals surface area contributed by atoms with Gasteiger partial charge in [0, 0.05) is 0 Å². The van der Waals surface area contributed by atoms with E-state index in [1.54, 1.807) is 0 Å². The Balaban J connectivity index is 2.13. The SMILES string of the molecule is O=S1OCc2ccccc2C1c1ccccc1. The lowest BCUT2D eigenvalue weighted by Crippen LogP contribution is -2.18. The molecule has 3 rings (SSSR count). The van der Waals surface area contributed by atoms with Crippen LogP contribution in [0.2, 0.25) is 0 Å². The molecular formula is C14H12O2S. The summed E-state index contributed by atoms with van der Waals surface area (Å²) in [6, 6.07) is 17.9. The van der Waals surface area contributed by atoms with Gasteiger partial charge < -0.3 is 0 Å². The zero-order valence-corrected chi connectivity index (χ0v) is 10.0. The van der Waals surface area contributed by atoms with Crippen LogP contribution in [0.5, 0.6) is 0 Å². The van der Waals surface area contributed by atoms with Crippen molar-refractivity contribution >= 4 is 11.1 Å². The van der Waals surface area contributed by atoms with Gasteiger partial charge in [-0.15, -0.1) is 0 Å². The maximum absolute atomic E-state index is 12.0. The molecule has 1 heterocycles. The molecule has 2 unspecified atom stereocenters. The predicted molar refractivity (Wildman–Crippen MR) is 67.7 cm³/mol. The van der Waals surface area contributed by atoms with Crippen LogP contribution in [0.25, 0.3) is 0 Å². The third-order valence-corrected chi connectivity index (χ3v) is 4.22. The summed E-state index contributed by atoms with van der Waals surface area (Å²) in [6.45, 7) is 0.437. The Bertz CT molecular complexity index is 551. The van der Waals surface area contributed by atoms with Gasteiger partial charge in [-0.3, -0.25) is 4.18 Å². The van der Waals surface area contributed by atoms with Crippen LogP contribution in [-0.4, -0.2) is 4.21 Å². The molecule has 1 aliphatic heterocycles. The van der Waals surface area contributed by atoms with Gasteiger partial charge in [-0.2, -0.15) is 0 Å². The fourth-order valence-corrected chi connectivity index (χ4v) is 3.33. The second-order valence-electron chi connectivity index (χ2n) is 4.01. The highest BCUT2D eigenvalue weighted by Crippen LogP contribution is 2.35. The number of rotatable bonds is 1. The zero-order valence-electron chi connectivity index (χ0n) is 9.21. The Morgan fingerprint density at radius 2 is 1.71 bits per heavy atom. The molecule has 0 saturated carbocycles. The summed E-state index contributed by atoms with van der Waals surface area (Å²) in [5.41, 5.74) is 3.28. The molecule has 2 aromatic rings. The lowest BCUT2D eigenvalue weighted by molar-refractivity contribution is 0.323. The highest BCUT2D eigenvalue weighted by atomic mass is 32.2. The van der Waals surface area contributed by atoms with Gasteiger partial charge in [-0.1, -0.05) is 54.6 Å². The summed E-state index contributed by atoms with van der Waals surface area (Å²) in [5.74, 6) is 0. The van der Waals surface area contributed by atoms with Crippen molar-refractivity contribution in [2.75, 3.05) is 0 Å². The van der Waals surface area contributed by atoms with Gasteiger partial charge in [0.25, 0.3) is 0 Å². The second kappa shape index (κ2) is 4.43. The Morgan fingerprint density at radius 3 is 2.53 bits per heavy atom. The van der Waals surface area contributed by atoms with Crippen LogP contribution in [0.15, 0.2) is 54.6 Å². The number of hydrogen-bond donors (Lipinski definition) is 0. The van der Waals surface area contributed by atoms with Gasteiger partial charge in [-0.25, -0.2) is 4.21 Å². The van der Waals surface area contributed by atoms with Crippen molar-refractivity contribution < 1.29 is 8.39 Å². The molecule has 1 aliphatic rings. The largest absolute Gasteiger partial charge is 0.285 e. The number of hydrogen-bond acceptors (Lipinski definition) is 2. The van der Waals surface area contributed by atoms with Crippen LogP contribution in [-0.2, 0) is 21.9 Å². The monoisotopic (exact) mass is 244 g/mol. The summed E-state index contributed by atoms with van der Waals surface area (Å²) in [6.07, 6.45) is 0. The standard InChI is InChI=1S/C14H12O2S/c15-17-14(11-6-2-1-3-7-11)13-9-5-4-8-12(13)10-16-17/h1-9,14H,10H2. The molecule has 0 radical (unpaired) electrons. The van der Waals surface area contributed by atoms with E-state index in [9.17, 15) is 4.21 Å². The Labute approximate surface area is 103 Å². The van der Waals surface area contributed by atoms with Gasteiger partial charge in [-0.05, 0) is 16.7 Å². The number of benzene rings is 2. The third kappa shape index (κ3) is 1.92. The van der Waals surface area contributed by atoms with Gasteiger partial charge >= 0.3 is 0 Å². The van der Waals surface area contributed by atoms with Crippen LogP contribution in [0, 0.1) is 0 Å². The summed E-state index contributed by atoms with van der Waals surface area (Å²) in [4.78, 5) is 0. The first-order valence-electron chi connectivity index (χ1n) is 5.53. The van der Waals surface area contributed by atoms with Crippen molar-refractivity contribution in [1.82, 2.24) is 0 Å². The maximum Gasteiger partial charge on any atom is 0.168 e. The van der Waals surface area contributed by atoms with Gasteiger partial charge in [0.05, 0.1) is 6.61 Å². The molecule has 0 amide bonds. The van der Waals surface area contributed by atoms with Crippen molar-refractivity contribution in [3.05, 3.63) is 71.3 Å². The summed E-state index contributed by atoms with van der Waals surface area (Å²) >= 11 is -1.29. The van der Waals surface area contributed by atoms with E-state index in [2.05, 4.69) is 0 Å². The molecule has 0 bridgehead atoms. The normalized spacial score (nSPS) is 23.1. The van der Waals surface area contributed by atoms with Gasteiger partial charge in [0.2, 0.25) is 0 Å². The van der Waals surface area contributed by atoms with E-state index < -0.39 is 11.1 Å². The number of fused-ring (bicyclic) bond motifs is 1. The van der Waals surface area contributed by atoms with E-state index in [1.165, 1.54) is 0 Å². The molecule has 2 atom stereocenters. The van der Waals surface area contributed by atoms with E-state index >= 15 is 0 Å². The lowest BCUT2D eigenvalue weighted by Gasteiger charge is -2.24. The Hall–Kier alpha value is -1.45. The van der Waals surface area contributed by atoms with Crippen LogP contribution in [0.1, 0.15) is 21.9 Å². The average molecular weight is 244 g/mol. The van der Waals surface area contributed by atoms with Crippen LogP contribution < -0.4 is 0 Å². The molecule has 0 fully saturated rings. The maximum atomic E-state index is 12.0. The molecule has 0 N–H and O–H groups in total. The highest BCUT2D eigenvalue weighted by molar-refractivity contribution is 7.80. The quantitative estimate of drug-likeness (QED) is 0.771. The molecule has 0 aliphatic carbocycles. The third-order valence-electron chi connectivity index (χ3n) is 2.96. The van der Waals surface area contributed by atoms with Crippen molar-refractivity contribution in [1.29, 1.82) is 0 Å². The smallest absolute Gasteiger partial charge is 0.168 e. The molecule has 86 valence electrons. The minimum Gasteiger partial charge on any atom is -0.285 e. The first-order chi connectivity index (χ1) is 8.36. The average Bonchev–Trinajstić information content (AvgIpc) is 2.39. The molecule has 2 aromatic carbocycles. The van der Waals surface area contributed by atoms with Crippen molar-refractivity contribution in [3.8, 4) is 0 Å². The van der Waals surface area contributed by atoms with Crippen LogP contribution >= 0.6 is 0 Å². The van der Waals surface area contributed by atoms with E-state index in [-0.39, 0.29) is 5.25 Å². The predicted octanol–water partition coefficient (Wildman–Crippen LogP) is 2.97. The molecule has 17 heavy (non-hydrogen) atoms. The molecule has 0 saturated heterocycles. The first-order valence-corrected chi connectivity index (χ1v) is 6.66. The summed E-state index contributed by atoms with van der Waals surface area (Å²) < 4.78 is 17.4. The Kier molecular flexibility index (Phi) is 2.79. The van der Waals surface area contributed by atoms with Gasteiger partial charge in [0.1, 0.15) is 5.25 Å². The van der Waals surface area contributed by atoms with Crippen LogP contribution in [0.3, 0.4) is 0 Å². The first kappa shape index (κ1) is 10.7. The van der Waals surface area contributed by atoms with Crippen molar-refractivity contribution in [3.63, 3.8) is 0 Å². The Morgan fingerprint density at radius 1 is 1.00 bits per heavy atom. The van der Waals surface area contributed by atoms with E-state index in [0.717, 1.165) is 16.7 Å². The molecule has 2 nitrogen and oxygen atoms in total. The van der Waals surface area contributed by atoms with Gasteiger partial charge in [0.15, 0.2) is 11.1 Å². The fraction of sp³-hybridized carbons (Fsp3) is 0.143. The topological polar surface area (TPSA) is 26.3 Å². The van der Waals surface area contributed by atoms with E-state index in [4.69, 9.17) is 4.18 Å². The molecule has 0 aromatic heterocycles. The minimum absolute atomic E-state index is 0.166. The fourth-order valence-electron chi connectivity index (χ4n) is 2.13.